The topological polar surface area (TPSA) is 90.0 Å². The third-order valence-corrected chi connectivity index (χ3v) is 6.67. The van der Waals surface area contributed by atoms with E-state index in [4.69, 9.17) is 0 Å². The highest BCUT2D eigenvalue weighted by Gasteiger charge is 2.66. The summed E-state index contributed by atoms with van der Waals surface area (Å²) in [5.74, 6) is -1.42. The highest BCUT2D eigenvalue weighted by atomic mass is 32.2. The van der Waals surface area contributed by atoms with Gasteiger partial charge in [0.15, 0.2) is 0 Å². The van der Waals surface area contributed by atoms with E-state index in [1.807, 2.05) is 44.2 Å². The number of carbonyl (C=O) groups is 3. The van der Waals surface area contributed by atoms with Crippen molar-refractivity contribution in [2.75, 3.05) is 6.67 Å². The van der Waals surface area contributed by atoms with E-state index in [1.54, 1.807) is 4.90 Å². The lowest BCUT2D eigenvalue weighted by Crippen LogP contribution is -2.71. The standard InChI is InChI=1S/C17H19N3O4S/c1-17(2)12(16(23)24)20-14(22)11(15(20)25-17)19-8-18-10(13(19)21)9-6-4-3-5-7-9/h3-7,10-12,15,18H,8H2,1-2H3,(H,23,24). The van der Waals surface area contributed by atoms with Crippen LogP contribution in [-0.2, 0) is 14.4 Å². The van der Waals surface area contributed by atoms with Crippen molar-refractivity contribution in [2.45, 2.75) is 42.1 Å². The van der Waals surface area contributed by atoms with E-state index in [9.17, 15) is 19.5 Å². The third-order valence-electron chi connectivity index (χ3n) is 5.11. The minimum Gasteiger partial charge on any atom is -0.480 e. The smallest absolute Gasteiger partial charge is 0.327 e. The average molecular weight is 361 g/mol. The lowest BCUT2D eigenvalue weighted by molar-refractivity contribution is -0.167. The Morgan fingerprint density at radius 2 is 1.92 bits per heavy atom. The first-order valence-electron chi connectivity index (χ1n) is 8.14. The average Bonchev–Trinajstić information content (AvgIpc) is 3.04. The molecule has 7 nitrogen and oxygen atoms in total. The number of aliphatic carboxylic acids is 1. The lowest BCUT2D eigenvalue weighted by atomic mass is 9.95. The van der Waals surface area contributed by atoms with Crippen LogP contribution in [0.5, 0.6) is 0 Å². The predicted octanol–water partition coefficient (Wildman–Crippen LogP) is 0.633. The van der Waals surface area contributed by atoms with Gasteiger partial charge in [-0.1, -0.05) is 30.3 Å². The maximum absolute atomic E-state index is 12.8. The van der Waals surface area contributed by atoms with Gasteiger partial charge in [-0.15, -0.1) is 11.8 Å². The van der Waals surface area contributed by atoms with Crippen molar-refractivity contribution in [3.8, 4) is 0 Å². The zero-order valence-electron chi connectivity index (χ0n) is 13.9. The van der Waals surface area contributed by atoms with Crippen LogP contribution in [-0.4, -0.2) is 61.6 Å². The van der Waals surface area contributed by atoms with Crippen molar-refractivity contribution >= 4 is 29.5 Å². The van der Waals surface area contributed by atoms with Crippen LogP contribution in [0.4, 0.5) is 0 Å². The Labute approximate surface area is 149 Å². The van der Waals surface area contributed by atoms with Crippen LogP contribution >= 0.6 is 11.8 Å². The summed E-state index contributed by atoms with van der Waals surface area (Å²) in [5, 5.41) is 12.3. The van der Waals surface area contributed by atoms with Crippen LogP contribution in [0, 0.1) is 0 Å². The van der Waals surface area contributed by atoms with E-state index in [2.05, 4.69) is 5.32 Å². The zero-order chi connectivity index (χ0) is 17.9. The lowest BCUT2D eigenvalue weighted by Gasteiger charge is -2.46. The minimum atomic E-state index is -1.00. The third kappa shape index (κ3) is 2.27. The fraction of sp³-hybridized carbons (Fsp3) is 0.471. The highest BCUT2D eigenvalue weighted by molar-refractivity contribution is 8.01. The summed E-state index contributed by atoms with van der Waals surface area (Å²) in [6.07, 6.45) is 0. The van der Waals surface area contributed by atoms with Gasteiger partial charge < -0.3 is 14.9 Å². The summed E-state index contributed by atoms with van der Waals surface area (Å²) in [5.41, 5.74) is 0.862. The van der Waals surface area contributed by atoms with E-state index in [0.29, 0.717) is 0 Å². The molecule has 4 rings (SSSR count). The van der Waals surface area contributed by atoms with Crippen LogP contribution in [0.3, 0.4) is 0 Å². The van der Waals surface area contributed by atoms with Crippen LogP contribution in [0.2, 0.25) is 0 Å². The van der Waals surface area contributed by atoms with Gasteiger partial charge in [0.1, 0.15) is 23.5 Å². The molecule has 0 saturated carbocycles. The number of benzene rings is 1. The number of carboxylic acids is 1. The SMILES string of the molecule is CC1(C)SC2C(N3CNC(c4ccccc4)C3=O)C(=O)N2C1C(=O)O. The molecular weight excluding hydrogens is 342 g/mol. The quantitative estimate of drug-likeness (QED) is 0.768. The Bertz CT molecular complexity index is 754. The van der Waals surface area contributed by atoms with Gasteiger partial charge >= 0.3 is 5.97 Å². The summed E-state index contributed by atoms with van der Waals surface area (Å²) >= 11 is 1.45. The first-order chi connectivity index (χ1) is 11.8. The Morgan fingerprint density at radius 3 is 2.56 bits per heavy atom. The first-order valence-corrected chi connectivity index (χ1v) is 9.02. The Hall–Kier alpha value is -2.06. The van der Waals surface area contributed by atoms with Gasteiger partial charge in [-0.2, -0.15) is 0 Å². The van der Waals surface area contributed by atoms with E-state index < -0.39 is 28.8 Å². The number of hydrogen-bond acceptors (Lipinski definition) is 5. The number of rotatable bonds is 3. The molecular formula is C17H19N3O4S. The molecule has 2 amide bonds. The first kappa shape index (κ1) is 16.4. The highest BCUT2D eigenvalue weighted by Crippen LogP contribution is 2.52. The maximum Gasteiger partial charge on any atom is 0.327 e. The maximum atomic E-state index is 12.8. The van der Waals surface area contributed by atoms with Gasteiger partial charge in [0.05, 0.1) is 6.67 Å². The summed E-state index contributed by atoms with van der Waals surface area (Å²) < 4.78 is -0.587. The monoisotopic (exact) mass is 361 g/mol. The van der Waals surface area contributed by atoms with Gasteiger partial charge in [-0.3, -0.25) is 14.9 Å². The van der Waals surface area contributed by atoms with Crippen molar-refractivity contribution < 1.29 is 19.5 Å². The molecule has 0 aliphatic carbocycles. The van der Waals surface area contributed by atoms with Crippen molar-refractivity contribution in [3.63, 3.8) is 0 Å². The number of carboxylic acid groups (broad SMARTS) is 1. The molecule has 1 aromatic carbocycles. The summed E-state index contributed by atoms with van der Waals surface area (Å²) in [7, 11) is 0. The molecule has 0 aromatic heterocycles. The molecule has 3 aliphatic rings. The number of hydrogen-bond donors (Lipinski definition) is 2. The molecule has 25 heavy (non-hydrogen) atoms. The summed E-state index contributed by atoms with van der Waals surface area (Å²) in [6.45, 7) is 3.95. The molecule has 0 spiro atoms. The molecule has 3 fully saturated rings. The molecule has 3 aliphatic heterocycles. The second-order valence-corrected chi connectivity index (χ2v) is 8.83. The molecule has 0 bridgehead atoms. The minimum absolute atomic E-state index is 0.138. The Kier molecular flexibility index (Phi) is 3.59. The molecule has 2 N–H and O–H groups in total. The van der Waals surface area contributed by atoms with Gasteiger partial charge in [-0.05, 0) is 19.4 Å². The van der Waals surface area contributed by atoms with Gasteiger partial charge in [-0.25, -0.2) is 4.79 Å². The largest absolute Gasteiger partial charge is 0.480 e. The van der Waals surface area contributed by atoms with E-state index in [0.717, 1.165) is 5.56 Å². The second-order valence-electron chi connectivity index (χ2n) is 7.06. The summed E-state index contributed by atoms with van der Waals surface area (Å²) in [4.78, 5) is 40.0. The number of fused-ring (bicyclic) bond motifs is 1. The van der Waals surface area contributed by atoms with Gasteiger partial charge in [0, 0.05) is 4.75 Å². The number of β-lactam (4-membered cyclic amide) rings is 1. The van der Waals surface area contributed by atoms with Crippen molar-refractivity contribution in [2.24, 2.45) is 0 Å². The van der Waals surface area contributed by atoms with Crippen LogP contribution in [0.1, 0.15) is 25.5 Å². The van der Waals surface area contributed by atoms with Crippen molar-refractivity contribution in [3.05, 3.63) is 35.9 Å². The fourth-order valence-corrected chi connectivity index (χ4v) is 5.64. The van der Waals surface area contributed by atoms with E-state index >= 15 is 0 Å². The fourth-order valence-electron chi connectivity index (χ4n) is 3.94. The zero-order valence-corrected chi connectivity index (χ0v) is 14.7. The molecule has 3 heterocycles. The Balaban J connectivity index is 1.56. The number of amides is 2. The predicted molar refractivity (Wildman–Crippen MR) is 91.5 cm³/mol. The molecule has 4 unspecified atom stereocenters. The van der Waals surface area contributed by atoms with Crippen LogP contribution in [0.25, 0.3) is 0 Å². The second kappa shape index (κ2) is 5.47. The van der Waals surface area contributed by atoms with Crippen molar-refractivity contribution in [1.29, 1.82) is 0 Å². The molecule has 8 heteroatoms. The Morgan fingerprint density at radius 1 is 1.24 bits per heavy atom. The molecule has 3 saturated heterocycles. The molecule has 1 aromatic rings. The number of nitrogens with zero attached hydrogens (tertiary/aromatic N) is 2. The number of carbonyl (C=O) groups excluding carboxylic acids is 2. The molecule has 132 valence electrons. The number of thioether (sulfide) groups is 1. The normalized spacial score (nSPS) is 33.4. The number of nitrogens with one attached hydrogen (secondary N) is 1. The molecule has 4 atom stereocenters. The van der Waals surface area contributed by atoms with Crippen LogP contribution in [0.15, 0.2) is 30.3 Å². The van der Waals surface area contributed by atoms with Crippen LogP contribution < -0.4 is 5.32 Å². The van der Waals surface area contributed by atoms with Gasteiger partial charge in [0.25, 0.3) is 0 Å². The molecule has 0 radical (unpaired) electrons. The summed E-state index contributed by atoms with van der Waals surface area (Å²) in [6, 6.07) is 7.47. The van der Waals surface area contributed by atoms with E-state index in [1.165, 1.54) is 16.7 Å². The van der Waals surface area contributed by atoms with Gasteiger partial charge in [0.2, 0.25) is 11.8 Å². The van der Waals surface area contributed by atoms with Crippen molar-refractivity contribution in [1.82, 2.24) is 15.1 Å². The van der Waals surface area contributed by atoms with E-state index in [-0.39, 0.29) is 23.9 Å².